The van der Waals surface area contributed by atoms with Gasteiger partial charge < -0.3 is 10.1 Å². The zero-order valence-electron chi connectivity index (χ0n) is 12.7. The number of hydrogen-bond donors (Lipinski definition) is 1. The highest BCUT2D eigenvalue weighted by Gasteiger charge is 2.13. The molecule has 0 radical (unpaired) electrons. The first-order valence-corrected chi connectivity index (χ1v) is 7.55. The van der Waals surface area contributed by atoms with Gasteiger partial charge in [0, 0.05) is 6.04 Å². The van der Waals surface area contributed by atoms with Gasteiger partial charge >= 0.3 is 0 Å². The van der Waals surface area contributed by atoms with Crippen LogP contribution in [0.2, 0.25) is 0 Å². The molecule has 0 aliphatic heterocycles. The quantitative estimate of drug-likeness (QED) is 0.813. The van der Waals surface area contributed by atoms with Crippen molar-refractivity contribution in [3.8, 4) is 5.75 Å². The van der Waals surface area contributed by atoms with Crippen LogP contribution in [-0.4, -0.2) is 19.2 Å². The Morgan fingerprint density at radius 2 is 1.80 bits per heavy atom. The summed E-state index contributed by atoms with van der Waals surface area (Å²) < 4.78 is 5.97. The first-order chi connectivity index (χ1) is 9.70. The Morgan fingerprint density at radius 1 is 1.05 bits per heavy atom. The van der Waals surface area contributed by atoms with E-state index in [-0.39, 0.29) is 0 Å². The number of benzene rings is 2. The molecule has 0 fully saturated rings. The van der Waals surface area contributed by atoms with Crippen molar-refractivity contribution in [1.29, 1.82) is 0 Å². The third-order valence-corrected chi connectivity index (χ3v) is 3.61. The standard InChI is InChI=1S/C18H25NO/c1-4-11-19-18(14(2)3)13-20-17-10-9-15-7-5-6-8-16(15)12-17/h5-10,12,14,18-19H,4,11,13H2,1-3H3. The lowest BCUT2D eigenvalue weighted by molar-refractivity contribution is 0.231. The second kappa shape index (κ2) is 7.30. The van der Waals surface area contributed by atoms with E-state index in [9.17, 15) is 0 Å². The highest BCUT2D eigenvalue weighted by molar-refractivity contribution is 5.83. The lowest BCUT2D eigenvalue weighted by Crippen LogP contribution is -2.39. The third kappa shape index (κ3) is 3.97. The monoisotopic (exact) mass is 271 g/mol. The summed E-state index contributed by atoms with van der Waals surface area (Å²) in [5, 5.41) is 6.03. The second-order valence-corrected chi connectivity index (χ2v) is 5.62. The minimum absolute atomic E-state index is 0.404. The Kier molecular flexibility index (Phi) is 5.42. The number of rotatable bonds is 7. The van der Waals surface area contributed by atoms with E-state index in [2.05, 4.69) is 68.6 Å². The van der Waals surface area contributed by atoms with Crippen LogP contribution in [0.1, 0.15) is 27.2 Å². The zero-order valence-corrected chi connectivity index (χ0v) is 12.7. The summed E-state index contributed by atoms with van der Waals surface area (Å²) >= 11 is 0. The molecule has 20 heavy (non-hydrogen) atoms. The smallest absolute Gasteiger partial charge is 0.120 e. The molecule has 0 aromatic heterocycles. The van der Waals surface area contributed by atoms with Gasteiger partial charge in [0.2, 0.25) is 0 Å². The minimum Gasteiger partial charge on any atom is -0.492 e. The van der Waals surface area contributed by atoms with Crippen LogP contribution >= 0.6 is 0 Å². The summed E-state index contributed by atoms with van der Waals surface area (Å²) in [4.78, 5) is 0. The number of nitrogens with one attached hydrogen (secondary N) is 1. The molecule has 0 saturated carbocycles. The zero-order chi connectivity index (χ0) is 14.4. The van der Waals surface area contributed by atoms with Crippen molar-refractivity contribution in [2.45, 2.75) is 33.2 Å². The molecule has 0 spiro atoms. The molecule has 2 heteroatoms. The summed E-state index contributed by atoms with van der Waals surface area (Å²) in [6.45, 7) is 8.42. The van der Waals surface area contributed by atoms with E-state index in [1.54, 1.807) is 0 Å². The molecular formula is C18H25NO. The normalized spacial score (nSPS) is 12.8. The van der Waals surface area contributed by atoms with Crippen molar-refractivity contribution in [1.82, 2.24) is 5.32 Å². The molecule has 108 valence electrons. The van der Waals surface area contributed by atoms with Crippen LogP contribution in [-0.2, 0) is 0 Å². The number of ether oxygens (including phenoxy) is 1. The maximum Gasteiger partial charge on any atom is 0.120 e. The van der Waals surface area contributed by atoms with Crippen LogP contribution in [0.4, 0.5) is 0 Å². The van der Waals surface area contributed by atoms with Gasteiger partial charge in [-0.15, -0.1) is 0 Å². The van der Waals surface area contributed by atoms with Gasteiger partial charge in [-0.25, -0.2) is 0 Å². The van der Waals surface area contributed by atoms with Crippen LogP contribution in [0.5, 0.6) is 5.75 Å². The molecule has 2 nitrogen and oxygen atoms in total. The van der Waals surface area contributed by atoms with Gasteiger partial charge in [-0.2, -0.15) is 0 Å². The van der Waals surface area contributed by atoms with Gasteiger partial charge in [0.25, 0.3) is 0 Å². The molecule has 0 aliphatic rings. The molecular weight excluding hydrogens is 246 g/mol. The SMILES string of the molecule is CCCNC(COc1ccc2ccccc2c1)C(C)C. The van der Waals surface area contributed by atoms with Crippen molar-refractivity contribution >= 4 is 10.8 Å². The van der Waals surface area contributed by atoms with Gasteiger partial charge in [0.1, 0.15) is 12.4 Å². The Morgan fingerprint density at radius 3 is 2.50 bits per heavy atom. The van der Waals surface area contributed by atoms with Gasteiger partial charge in [-0.1, -0.05) is 51.1 Å². The van der Waals surface area contributed by atoms with Crippen molar-refractivity contribution in [2.75, 3.05) is 13.2 Å². The maximum atomic E-state index is 5.97. The van der Waals surface area contributed by atoms with Crippen molar-refractivity contribution < 1.29 is 4.74 Å². The van der Waals surface area contributed by atoms with Crippen LogP contribution in [0.3, 0.4) is 0 Å². The van der Waals surface area contributed by atoms with E-state index in [0.717, 1.165) is 25.3 Å². The predicted octanol–water partition coefficient (Wildman–Crippen LogP) is 4.24. The van der Waals surface area contributed by atoms with Gasteiger partial charge in [0.15, 0.2) is 0 Å². The summed E-state index contributed by atoms with van der Waals surface area (Å²) in [6, 6.07) is 15.1. The molecule has 0 bridgehead atoms. The van der Waals surface area contributed by atoms with E-state index in [1.807, 2.05) is 0 Å². The average molecular weight is 271 g/mol. The molecule has 0 amide bonds. The lowest BCUT2D eigenvalue weighted by atomic mass is 10.1. The number of hydrogen-bond acceptors (Lipinski definition) is 2. The molecule has 0 aliphatic carbocycles. The Balaban J connectivity index is 2.00. The molecule has 1 atom stereocenters. The molecule has 1 N–H and O–H groups in total. The first-order valence-electron chi connectivity index (χ1n) is 7.55. The average Bonchev–Trinajstić information content (AvgIpc) is 2.46. The Hall–Kier alpha value is -1.54. The van der Waals surface area contributed by atoms with E-state index in [4.69, 9.17) is 4.74 Å². The molecule has 1 unspecified atom stereocenters. The summed E-state index contributed by atoms with van der Waals surface area (Å²) in [5.74, 6) is 1.52. The summed E-state index contributed by atoms with van der Waals surface area (Å²) in [5.41, 5.74) is 0. The van der Waals surface area contributed by atoms with Crippen molar-refractivity contribution in [2.24, 2.45) is 5.92 Å². The van der Waals surface area contributed by atoms with Crippen LogP contribution in [0.15, 0.2) is 42.5 Å². The highest BCUT2D eigenvalue weighted by Crippen LogP contribution is 2.21. The minimum atomic E-state index is 0.404. The van der Waals surface area contributed by atoms with Crippen LogP contribution < -0.4 is 10.1 Å². The predicted molar refractivity (Wildman–Crippen MR) is 86.4 cm³/mol. The number of fused-ring (bicyclic) bond motifs is 1. The van der Waals surface area contributed by atoms with E-state index in [1.165, 1.54) is 10.8 Å². The maximum absolute atomic E-state index is 5.97. The molecule has 2 rings (SSSR count). The summed E-state index contributed by atoms with van der Waals surface area (Å²) in [6.07, 6.45) is 1.15. The van der Waals surface area contributed by atoms with E-state index >= 15 is 0 Å². The molecule has 2 aromatic rings. The fourth-order valence-corrected chi connectivity index (χ4v) is 2.26. The summed E-state index contributed by atoms with van der Waals surface area (Å²) in [7, 11) is 0. The third-order valence-electron chi connectivity index (χ3n) is 3.61. The van der Waals surface area contributed by atoms with Crippen molar-refractivity contribution in [3.63, 3.8) is 0 Å². The second-order valence-electron chi connectivity index (χ2n) is 5.62. The van der Waals surface area contributed by atoms with Crippen LogP contribution in [0, 0.1) is 5.92 Å². The topological polar surface area (TPSA) is 21.3 Å². The van der Waals surface area contributed by atoms with Gasteiger partial charge in [-0.3, -0.25) is 0 Å². The van der Waals surface area contributed by atoms with E-state index < -0.39 is 0 Å². The largest absolute Gasteiger partial charge is 0.492 e. The molecule has 0 saturated heterocycles. The Bertz CT molecular complexity index is 536. The van der Waals surface area contributed by atoms with E-state index in [0.29, 0.717) is 12.0 Å². The first kappa shape index (κ1) is 14.9. The molecule has 0 heterocycles. The van der Waals surface area contributed by atoms with Gasteiger partial charge in [-0.05, 0) is 41.8 Å². The highest BCUT2D eigenvalue weighted by atomic mass is 16.5. The van der Waals surface area contributed by atoms with Crippen molar-refractivity contribution in [3.05, 3.63) is 42.5 Å². The molecule has 2 aromatic carbocycles. The fourth-order valence-electron chi connectivity index (χ4n) is 2.26. The lowest BCUT2D eigenvalue weighted by Gasteiger charge is -2.22. The van der Waals surface area contributed by atoms with Crippen LogP contribution in [0.25, 0.3) is 10.8 Å². The Labute approximate surface area is 122 Å². The fraction of sp³-hybridized carbons (Fsp3) is 0.444. The van der Waals surface area contributed by atoms with Gasteiger partial charge in [0.05, 0.1) is 0 Å².